The maximum absolute atomic E-state index is 5.92. The number of hydrogen-bond acceptors (Lipinski definition) is 4. The Morgan fingerprint density at radius 1 is 1.50 bits per heavy atom. The summed E-state index contributed by atoms with van der Waals surface area (Å²) in [5.74, 6) is 0.879. The molecular weight excluding hydrogens is 304 g/mol. The van der Waals surface area contributed by atoms with Crippen molar-refractivity contribution in [2.45, 2.75) is 17.6 Å². The Bertz CT molecular complexity index is 496. The van der Waals surface area contributed by atoms with Crippen LogP contribution < -0.4 is 5.73 Å². The van der Waals surface area contributed by atoms with Crippen molar-refractivity contribution in [3.8, 4) is 0 Å². The molecule has 0 amide bonds. The van der Waals surface area contributed by atoms with Crippen molar-refractivity contribution in [2.75, 3.05) is 5.73 Å². The summed E-state index contributed by atoms with van der Waals surface area (Å²) in [4.78, 5) is 5.53. The molecule has 0 radical (unpaired) electrons. The van der Waals surface area contributed by atoms with Crippen molar-refractivity contribution >= 4 is 44.7 Å². The smallest absolute Gasteiger partial charge is 0.103 e. The zero-order valence-corrected chi connectivity index (χ0v) is 12.0. The van der Waals surface area contributed by atoms with Gasteiger partial charge in [0.1, 0.15) is 5.01 Å². The molecule has 0 bridgehead atoms. The summed E-state index contributed by atoms with van der Waals surface area (Å²) >= 11 is 6.82. The fraction of sp³-hybridized carbons (Fsp3) is 0.182. The lowest BCUT2D eigenvalue weighted by atomic mass is 10.3. The average molecular weight is 315 g/mol. The van der Waals surface area contributed by atoms with Gasteiger partial charge >= 0.3 is 0 Å². The van der Waals surface area contributed by atoms with Crippen LogP contribution in [0, 0.1) is 6.92 Å². The van der Waals surface area contributed by atoms with Crippen molar-refractivity contribution in [3.63, 3.8) is 0 Å². The lowest BCUT2D eigenvalue weighted by Crippen LogP contribution is -1.88. The minimum absolute atomic E-state index is 0.813. The van der Waals surface area contributed by atoms with E-state index in [4.69, 9.17) is 5.73 Å². The van der Waals surface area contributed by atoms with Gasteiger partial charge in [0, 0.05) is 26.1 Å². The number of aryl methyl sites for hydroxylation is 1. The van der Waals surface area contributed by atoms with Crippen LogP contribution in [-0.4, -0.2) is 4.98 Å². The summed E-state index contributed by atoms with van der Waals surface area (Å²) in [6, 6.07) is 5.96. The number of thioether (sulfide) groups is 1. The predicted molar refractivity (Wildman–Crippen MR) is 75.0 cm³/mol. The Morgan fingerprint density at radius 2 is 2.31 bits per heavy atom. The largest absolute Gasteiger partial charge is 0.398 e. The van der Waals surface area contributed by atoms with E-state index in [2.05, 4.69) is 26.3 Å². The Morgan fingerprint density at radius 3 is 2.94 bits per heavy atom. The maximum atomic E-state index is 5.92. The number of hydrogen-bond donors (Lipinski definition) is 1. The molecule has 0 atom stereocenters. The van der Waals surface area contributed by atoms with Gasteiger partial charge in [0.25, 0.3) is 0 Å². The first kappa shape index (κ1) is 12.0. The standard InChI is InChI=1S/C11H11BrN2S2/c1-7-5-16-11(14-7)6-15-10-3-2-8(12)4-9(10)13/h2-5H,6,13H2,1H3. The fourth-order valence-electron chi connectivity index (χ4n) is 1.26. The lowest BCUT2D eigenvalue weighted by molar-refractivity contribution is 1.18. The van der Waals surface area contributed by atoms with Gasteiger partial charge in [-0.15, -0.1) is 23.1 Å². The van der Waals surface area contributed by atoms with Crippen molar-refractivity contribution in [3.05, 3.63) is 38.8 Å². The summed E-state index contributed by atoms with van der Waals surface area (Å²) in [7, 11) is 0. The number of aromatic nitrogens is 1. The molecule has 1 heterocycles. The third kappa shape index (κ3) is 2.99. The number of nitrogen functional groups attached to an aromatic ring is 1. The molecule has 0 aliphatic carbocycles. The second-order valence-electron chi connectivity index (χ2n) is 3.35. The van der Waals surface area contributed by atoms with Gasteiger partial charge in [-0.3, -0.25) is 0 Å². The van der Waals surface area contributed by atoms with E-state index in [9.17, 15) is 0 Å². The summed E-state index contributed by atoms with van der Waals surface area (Å²) in [6.45, 7) is 2.01. The normalized spacial score (nSPS) is 10.6. The van der Waals surface area contributed by atoms with Gasteiger partial charge in [0.2, 0.25) is 0 Å². The SMILES string of the molecule is Cc1csc(CSc2ccc(Br)cc2N)n1. The van der Waals surface area contributed by atoms with Gasteiger partial charge in [-0.25, -0.2) is 4.98 Å². The number of halogens is 1. The van der Waals surface area contributed by atoms with E-state index in [1.807, 2.05) is 25.1 Å². The van der Waals surface area contributed by atoms with Crippen LogP contribution in [0.2, 0.25) is 0 Å². The van der Waals surface area contributed by atoms with Crippen LogP contribution in [0.4, 0.5) is 5.69 Å². The van der Waals surface area contributed by atoms with Crippen molar-refractivity contribution in [1.82, 2.24) is 4.98 Å². The number of nitrogens with two attached hydrogens (primary N) is 1. The Labute approximate surface area is 111 Å². The molecule has 84 valence electrons. The Hall–Kier alpha value is -0.520. The molecule has 0 aliphatic rings. The fourth-order valence-corrected chi connectivity index (χ4v) is 3.38. The molecule has 1 aromatic carbocycles. The molecule has 0 aliphatic heterocycles. The van der Waals surface area contributed by atoms with Gasteiger partial charge in [-0.2, -0.15) is 0 Å². The number of rotatable bonds is 3. The number of benzene rings is 1. The van der Waals surface area contributed by atoms with Gasteiger partial charge in [0.05, 0.1) is 5.75 Å². The molecule has 0 spiro atoms. The first-order valence-electron chi connectivity index (χ1n) is 4.74. The first-order valence-corrected chi connectivity index (χ1v) is 7.40. The van der Waals surface area contributed by atoms with Crippen molar-refractivity contribution in [1.29, 1.82) is 0 Å². The van der Waals surface area contributed by atoms with E-state index in [0.29, 0.717) is 0 Å². The van der Waals surface area contributed by atoms with Crippen LogP contribution in [0.25, 0.3) is 0 Å². The summed E-state index contributed by atoms with van der Waals surface area (Å²) < 4.78 is 1.01. The van der Waals surface area contributed by atoms with Crippen molar-refractivity contribution < 1.29 is 0 Å². The minimum atomic E-state index is 0.813. The molecule has 5 heteroatoms. The minimum Gasteiger partial charge on any atom is -0.398 e. The highest BCUT2D eigenvalue weighted by molar-refractivity contribution is 9.10. The number of anilines is 1. The van der Waals surface area contributed by atoms with Crippen LogP contribution >= 0.6 is 39.0 Å². The van der Waals surface area contributed by atoms with Crippen LogP contribution in [0.15, 0.2) is 32.9 Å². The van der Waals surface area contributed by atoms with Crippen LogP contribution in [0.5, 0.6) is 0 Å². The van der Waals surface area contributed by atoms with Crippen LogP contribution in [0.3, 0.4) is 0 Å². The predicted octanol–water partition coefficient (Wildman–Crippen LogP) is 4.09. The number of thiazole rings is 1. The van der Waals surface area contributed by atoms with E-state index in [0.717, 1.165) is 31.5 Å². The van der Waals surface area contributed by atoms with E-state index in [-0.39, 0.29) is 0 Å². The molecule has 0 saturated carbocycles. The lowest BCUT2D eigenvalue weighted by Gasteiger charge is -2.04. The summed E-state index contributed by atoms with van der Waals surface area (Å²) in [6.07, 6.45) is 0. The Kier molecular flexibility index (Phi) is 3.89. The topological polar surface area (TPSA) is 38.9 Å². The highest BCUT2D eigenvalue weighted by Gasteiger charge is 2.03. The first-order chi connectivity index (χ1) is 7.65. The third-order valence-corrected chi connectivity index (χ3v) is 4.73. The number of nitrogens with zero attached hydrogens (tertiary/aromatic N) is 1. The van der Waals surface area contributed by atoms with Gasteiger partial charge < -0.3 is 5.73 Å². The molecule has 2 nitrogen and oxygen atoms in total. The van der Waals surface area contributed by atoms with E-state index in [1.165, 1.54) is 0 Å². The molecular formula is C11H11BrN2S2. The molecule has 2 aromatic rings. The molecule has 0 fully saturated rings. The monoisotopic (exact) mass is 314 g/mol. The molecule has 0 saturated heterocycles. The quantitative estimate of drug-likeness (QED) is 0.685. The summed E-state index contributed by atoms with van der Waals surface area (Å²) in [5.41, 5.74) is 7.82. The van der Waals surface area contributed by atoms with E-state index < -0.39 is 0 Å². The average Bonchev–Trinajstić information content (AvgIpc) is 2.63. The molecule has 16 heavy (non-hydrogen) atoms. The second kappa shape index (κ2) is 5.21. The van der Waals surface area contributed by atoms with E-state index >= 15 is 0 Å². The van der Waals surface area contributed by atoms with Gasteiger partial charge in [-0.05, 0) is 25.1 Å². The zero-order chi connectivity index (χ0) is 11.5. The van der Waals surface area contributed by atoms with Gasteiger partial charge in [0.15, 0.2) is 0 Å². The Balaban J connectivity index is 2.04. The van der Waals surface area contributed by atoms with Crippen LogP contribution in [-0.2, 0) is 5.75 Å². The molecule has 2 N–H and O–H groups in total. The molecule has 0 unspecified atom stereocenters. The highest BCUT2D eigenvalue weighted by Crippen LogP contribution is 2.30. The van der Waals surface area contributed by atoms with Gasteiger partial charge in [-0.1, -0.05) is 15.9 Å². The highest BCUT2D eigenvalue weighted by atomic mass is 79.9. The van der Waals surface area contributed by atoms with Crippen LogP contribution in [0.1, 0.15) is 10.7 Å². The maximum Gasteiger partial charge on any atom is 0.103 e. The summed E-state index contributed by atoms with van der Waals surface area (Å²) in [5, 5.41) is 3.21. The van der Waals surface area contributed by atoms with E-state index in [1.54, 1.807) is 23.1 Å². The zero-order valence-electron chi connectivity index (χ0n) is 8.74. The van der Waals surface area contributed by atoms with Crippen molar-refractivity contribution in [2.24, 2.45) is 0 Å². The second-order valence-corrected chi connectivity index (χ2v) is 6.23. The molecule has 1 aromatic heterocycles. The third-order valence-electron chi connectivity index (χ3n) is 1.99. The molecule has 2 rings (SSSR count).